The van der Waals surface area contributed by atoms with Gasteiger partial charge in [-0.25, -0.2) is 4.98 Å². The van der Waals surface area contributed by atoms with Crippen molar-refractivity contribution in [3.05, 3.63) is 35.9 Å². The summed E-state index contributed by atoms with van der Waals surface area (Å²) in [5.74, 6) is 0.277. The van der Waals surface area contributed by atoms with Crippen LogP contribution in [0, 0.1) is 6.92 Å². The van der Waals surface area contributed by atoms with Crippen molar-refractivity contribution in [1.82, 2.24) is 9.88 Å². The lowest BCUT2D eigenvalue weighted by molar-refractivity contribution is -0.130. The minimum atomic E-state index is 0.000840. The summed E-state index contributed by atoms with van der Waals surface area (Å²) in [4.78, 5) is 19.6. The van der Waals surface area contributed by atoms with Crippen molar-refractivity contribution < 1.29 is 9.53 Å². The van der Waals surface area contributed by atoms with Crippen LogP contribution in [0.5, 0.6) is 0 Å². The third kappa shape index (κ3) is 3.03. The van der Waals surface area contributed by atoms with Gasteiger partial charge in [0.25, 0.3) is 0 Å². The van der Waals surface area contributed by atoms with Crippen LogP contribution >= 0.6 is 11.8 Å². The number of benzene rings is 1. The Bertz CT molecular complexity index is 758. The first-order valence-electron chi connectivity index (χ1n) is 8.63. The molecule has 2 saturated heterocycles. The minimum Gasteiger partial charge on any atom is -0.381 e. The number of aromatic nitrogens is 1. The molecule has 0 bridgehead atoms. The van der Waals surface area contributed by atoms with Crippen LogP contribution in [0.3, 0.4) is 0 Å². The SMILES string of the molecule is Cc1cc(SC2CCN(C3CCOCC3)C2=O)nc2ccccc12. The molecule has 0 aliphatic carbocycles. The van der Waals surface area contributed by atoms with Crippen molar-refractivity contribution in [2.75, 3.05) is 19.8 Å². The predicted molar refractivity (Wildman–Crippen MR) is 96.3 cm³/mol. The highest BCUT2D eigenvalue weighted by atomic mass is 32.2. The van der Waals surface area contributed by atoms with Crippen LogP contribution in [0.15, 0.2) is 35.4 Å². The van der Waals surface area contributed by atoms with Crippen LogP contribution in [-0.2, 0) is 9.53 Å². The van der Waals surface area contributed by atoms with E-state index in [-0.39, 0.29) is 11.2 Å². The number of pyridine rings is 1. The van der Waals surface area contributed by atoms with Crippen LogP contribution in [0.4, 0.5) is 0 Å². The average molecular weight is 342 g/mol. The van der Waals surface area contributed by atoms with E-state index >= 15 is 0 Å². The Morgan fingerprint density at radius 3 is 2.83 bits per heavy atom. The first-order chi connectivity index (χ1) is 11.7. The lowest BCUT2D eigenvalue weighted by Crippen LogP contribution is -2.41. The number of likely N-dealkylation sites (tertiary alicyclic amines) is 1. The molecule has 0 N–H and O–H groups in total. The van der Waals surface area contributed by atoms with Crippen LogP contribution in [0.1, 0.15) is 24.8 Å². The van der Waals surface area contributed by atoms with Gasteiger partial charge in [0.2, 0.25) is 5.91 Å². The lowest BCUT2D eigenvalue weighted by Gasteiger charge is -2.31. The van der Waals surface area contributed by atoms with Crippen molar-refractivity contribution >= 4 is 28.6 Å². The molecule has 1 aromatic heterocycles. The highest BCUT2D eigenvalue weighted by Crippen LogP contribution is 2.33. The third-order valence-corrected chi connectivity index (χ3v) is 6.16. The fraction of sp³-hybridized carbons (Fsp3) is 0.474. The molecule has 2 aromatic rings. The van der Waals surface area contributed by atoms with Gasteiger partial charge in [0.05, 0.1) is 15.8 Å². The number of ether oxygens (including phenoxy) is 1. The molecule has 4 rings (SSSR count). The molecular formula is C19H22N2O2S. The van der Waals surface area contributed by atoms with Gasteiger partial charge in [-0.05, 0) is 43.9 Å². The summed E-state index contributed by atoms with van der Waals surface area (Å²) in [5, 5.41) is 2.14. The highest BCUT2D eigenvalue weighted by molar-refractivity contribution is 8.00. The van der Waals surface area contributed by atoms with Gasteiger partial charge < -0.3 is 9.64 Å². The van der Waals surface area contributed by atoms with E-state index in [1.807, 2.05) is 18.2 Å². The number of para-hydroxylation sites is 1. The second-order valence-corrected chi connectivity index (χ2v) is 7.79. The van der Waals surface area contributed by atoms with E-state index in [0.29, 0.717) is 6.04 Å². The summed E-state index contributed by atoms with van der Waals surface area (Å²) < 4.78 is 5.42. The van der Waals surface area contributed by atoms with Crippen LogP contribution < -0.4 is 0 Å². The number of fused-ring (bicyclic) bond motifs is 1. The summed E-state index contributed by atoms with van der Waals surface area (Å²) in [6.07, 6.45) is 2.85. The zero-order valence-electron chi connectivity index (χ0n) is 13.9. The highest BCUT2D eigenvalue weighted by Gasteiger charge is 2.37. The molecule has 1 aromatic carbocycles. The Kier molecular flexibility index (Phi) is 4.46. The van der Waals surface area contributed by atoms with Gasteiger partial charge in [-0.2, -0.15) is 0 Å². The van der Waals surface area contributed by atoms with E-state index < -0.39 is 0 Å². The van der Waals surface area contributed by atoms with Gasteiger partial charge in [0.15, 0.2) is 0 Å². The van der Waals surface area contributed by atoms with Crippen molar-refractivity contribution in [2.24, 2.45) is 0 Å². The number of rotatable bonds is 3. The number of carbonyl (C=O) groups is 1. The fourth-order valence-electron chi connectivity index (χ4n) is 3.67. The Hall–Kier alpha value is -1.59. The molecule has 0 saturated carbocycles. The number of nitrogens with zero attached hydrogens (tertiary/aromatic N) is 2. The molecule has 4 nitrogen and oxygen atoms in total. The number of carbonyl (C=O) groups excluding carboxylic acids is 1. The van der Waals surface area contributed by atoms with Gasteiger partial charge in [-0.15, -0.1) is 0 Å². The van der Waals surface area contributed by atoms with Crippen LogP contribution in [-0.4, -0.2) is 46.8 Å². The number of hydrogen-bond acceptors (Lipinski definition) is 4. The molecule has 1 amide bonds. The Morgan fingerprint density at radius 1 is 1.21 bits per heavy atom. The topological polar surface area (TPSA) is 42.4 Å². The molecule has 24 heavy (non-hydrogen) atoms. The van der Waals surface area contributed by atoms with Crippen LogP contribution in [0.2, 0.25) is 0 Å². The molecular weight excluding hydrogens is 320 g/mol. The number of thioether (sulfide) groups is 1. The fourth-order valence-corrected chi connectivity index (χ4v) is 4.82. The molecule has 1 atom stereocenters. The average Bonchev–Trinajstić information content (AvgIpc) is 2.96. The molecule has 2 aliphatic heterocycles. The van der Waals surface area contributed by atoms with E-state index in [0.717, 1.165) is 49.6 Å². The summed E-state index contributed by atoms with van der Waals surface area (Å²) in [6.45, 7) is 4.53. The summed E-state index contributed by atoms with van der Waals surface area (Å²) >= 11 is 1.62. The van der Waals surface area contributed by atoms with Crippen LogP contribution in [0.25, 0.3) is 10.9 Å². The third-order valence-electron chi connectivity index (χ3n) is 4.98. The second-order valence-electron chi connectivity index (χ2n) is 6.56. The van der Waals surface area contributed by atoms with E-state index in [1.165, 1.54) is 10.9 Å². The maximum absolute atomic E-state index is 12.8. The zero-order valence-corrected chi connectivity index (χ0v) is 14.7. The van der Waals surface area contributed by atoms with Crippen molar-refractivity contribution in [3.8, 4) is 0 Å². The van der Waals surface area contributed by atoms with E-state index in [4.69, 9.17) is 9.72 Å². The first-order valence-corrected chi connectivity index (χ1v) is 9.51. The summed E-state index contributed by atoms with van der Waals surface area (Å²) in [5.41, 5.74) is 2.22. The normalized spacial score (nSPS) is 22.5. The van der Waals surface area contributed by atoms with E-state index in [2.05, 4.69) is 24.0 Å². The molecule has 5 heteroatoms. The lowest BCUT2D eigenvalue weighted by atomic mass is 10.1. The molecule has 0 radical (unpaired) electrons. The summed E-state index contributed by atoms with van der Waals surface area (Å²) in [6, 6.07) is 10.7. The number of aryl methyl sites for hydroxylation is 1. The largest absolute Gasteiger partial charge is 0.381 e. The van der Waals surface area contributed by atoms with Gasteiger partial charge in [0, 0.05) is 31.2 Å². The standard InChI is InChI=1S/C19H22N2O2S/c1-13-12-18(20-16-5-3-2-4-15(13)16)24-17-6-9-21(19(17)22)14-7-10-23-11-8-14/h2-5,12,14,17H,6-11H2,1H3. The maximum atomic E-state index is 12.8. The monoisotopic (exact) mass is 342 g/mol. The molecule has 2 fully saturated rings. The Labute approximate surface area is 146 Å². The Balaban J connectivity index is 1.50. The number of hydrogen-bond donors (Lipinski definition) is 0. The summed E-state index contributed by atoms with van der Waals surface area (Å²) in [7, 11) is 0. The van der Waals surface area contributed by atoms with Gasteiger partial charge in [0.1, 0.15) is 0 Å². The van der Waals surface area contributed by atoms with Gasteiger partial charge >= 0.3 is 0 Å². The maximum Gasteiger partial charge on any atom is 0.236 e. The molecule has 126 valence electrons. The first kappa shape index (κ1) is 15.9. The second kappa shape index (κ2) is 6.73. The molecule has 3 heterocycles. The van der Waals surface area contributed by atoms with Crippen molar-refractivity contribution in [2.45, 2.75) is 42.5 Å². The van der Waals surface area contributed by atoms with E-state index in [1.54, 1.807) is 11.8 Å². The Morgan fingerprint density at radius 2 is 2.00 bits per heavy atom. The van der Waals surface area contributed by atoms with Gasteiger partial charge in [-0.3, -0.25) is 4.79 Å². The zero-order chi connectivity index (χ0) is 16.5. The van der Waals surface area contributed by atoms with Crippen molar-refractivity contribution in [3.63, 3.8) is 0 Å². The molecule has 1 unspecified atom stereocenters. The number of amides is 1. The minimum absolute atomic E-state index is 0.000840. The van der Waals surface area contributed by atoms with E-state index in [9.17, 15) is 4.79 Å². The quantitative estimate of drug-likeness (QED) is 0.857. The molecule has 2 aliphatic rings. The molecule has 0 spiro atoms. The van der Waals surface area contributed by atoms with Crippen molar-refractivity contribution in [1.29, 1.82) is 0 Å². The van der Waals surface area contributed by atoms with Gasteiger partial charge in [-0.1, -0.05) is 30.0 Å². The smallest absolute Gasteiger partial charge is 0.236 e. The predicted octanol–water partition coefficient (Wildman–Crippen LogP) is 3.42.